The molecule has 5 heteroatoms. The standard InChI is InChI=1S/C15H21ClN2O2/c16-13-3-1-11(2-4-13)5-8-18-15(19)14(17)12-6-9-20-10-7-12/h1-4,12,14H,5-10,17H2,(H,18,19). The summed E-state index contributed by atoms with van der Waals surface area (Å²) >= 11 is 5.83. The third-order valence-electron chi connectivity index (χ3n) is 3.70. The number of hydrogen-bond donors (Lipinski definition) is 2. The molecule has 1 unspecified atom stereocenters. The van der Waals surface area contributed by atoms with Crippen molar-refractivity contribution in [3.05, 3.63) is 34.9 Å². The summed E-state index contributed by atoms with van der Waals surface area (Å²) < 4.78 is 5.28. The van der Waals surface area contributed by atoms with Gasteiger partial charge in [0.1, 0.15) is 0 Å². The molecule has 1 aromatic rings. The zero-order chi connectivity index (χ0) is 14.4. The van der Waals surface area contributed by atoms with Crippen molar-refractivity contribution in [2.75, 3.05) is 19.8 Å². The van der Waals surface area contributed by atoms with Gasteiger partial charge in [-0.25, -0.2) is 0 Å². The minimum atomic E-state index is -0.427. The van der Waals surface area contributed by atoms with Crippen LogP contribution < -0.4 is 11.1 Å². The molecular weight excluding hydrogens is 276 g/mol. The van der Waals surface area contributed by atoms with Gasteiger partial charge in [0.15, 0.2) is 0 Å². The topological polar surface area (TPSA) is 64.4 Å². The van der Waals surface area contributed by atoms with Gasteiger partial charge in [-0.3, -0.25) is 4.79 Å². The smallest absolute Gasteiger partial charge is 0.237 e. The van der Waals surface area contributed by atoms with Gasteiger partial charge in [0, 0.05) is 24.8 Å². The zero-order valence-electron chi connectivity index (χ0n) is 11.5. The van der Waals surface area contributed by atoms with Crippen LogP contribution in [0.3, 0.4) is 0 Å². The van der Waals surface area contributed by atoms with Crippen LogP contribution in [0.25, 0.3) is 0 Å². The summed E-state index contributed by atoms with van der Waals surface area (Å²) in [4.78, 5) is 12.0. The van der Waals surface area contributed by atoms with Crippen molar-refractivity contribution in [3.8, 4) is 0 Å². The Hall–Kier alpha value is -1.10. The summed E-state index contributed by atoms with van der Waals surface area (Å²) in [5.41, 5.74) is 7.15. The third kappa shape index (κ3) is 4.47. The molecule has 110 valence electrons. The van der Waals surface area contributed by atoms with E-state index in [2.05, 4.69) is 5.32 Å². The van der Waals surface area contributed by atoms with Crippen molar-refractivity contribution >= 4 is 17.5 Å². The Balaban J connectivity index is 1.72. The zero-order valence-corrected chi connectivity index (χ0v) is 12.2. The molecule has 1 aliphatic rings. The Kier molecular flexibility index (Phi) is 5.83. The fourth-order valence-corrected chi connectivity index (χ4v) is 2.51. The highest BCUT2D eigenvalue weighted by Gasteiger charge is 2.26. The number of benzene rings is 1. The minimum absolute atomic E-state index is 0.0640. The third-order valence-corrected chi connectivity index (χ3v) is 3.95. The Labute approximate surface area is 124 Å². The number of halogens is 1. The molecule has 1 amide bonds. The van der Waals surface area contributed by atoms with E-state index in [4.69, 9.17) is 22.1 Å². The van der Waals surface area contributed by atoms with Crippen LogP contribution in [0.1, 0.15) is 18.4 Å². The van der Waals surface area contributed by atoms with E-state index >= 15 is 0 Å². The Morgan fingerprint density at radius 2 is 2.00 bits per heavy atom. The van der Waals surface area contributed by atoms with Crippen molar-refractivity contribution in [3.63, 3.8) is 0 Å². The van der Waals surface area contributed by atoms with E-state index in [1.807, 2.05) is 24.3 Å². The molecule has 3 N–H and O–H groups in total. The van der Waals surface area contributed by atoms with Crippen molar-refractivity contribution in [1.82, 2.24) is 5.32 Å². The van der Waals surface area contributed by atoms with E-state index < -0.39 is 6.04 Å². The van der Waals surface area contributed by atoms with E-state index in [9.17, 15) is 4.79 Å². The van der Waals surface area contributed by atoms with E-state index in [0.717, 1.165) is 29.8 Å². The average Bonchev–Trinajstić information content (AvgIpc) is 2.49. The molecule has 0 spiro atoms. The fraction of sp³-hybridized carbons (Fsp3) is 0.533. The molecule has 0 bridgehead atoms. The lowest BCUT2D eigenvalue weighted by atomic mass is 9.92. The van der Waals surface area contributed by atoms with Crippen LogP contribution in [-0.4, -0.2) is 31.7 Å². The van der Waals surface area contributed by atoms with Gasteiger partial charge in [-0.15, -0.1) is 0 Å². The molecule has 1 fully saturated rings. The molecule has 2 rings (SSSR count). The molecule has 1 heterocycles. The van der Waals surface area contributed by atoms with Crippen LogP contribution in [0.4, 0.5) is 0 Å². The molecule has 0 aromatic heterocycles. The summed E-state index contributed by atoms with van der Waals surface area (Å²) in [6, 6.07) is 7.21. The molecular formula is C15H21ClN2O2. The number of nitrogens with two attached hydrogens (primary N) is 1. The summed E-state index contributed by atoms with van der Waals surface area (Å²) in [6.45, 7) is 2.00. The molecule has 1 atom stereocenters. The van der Waals surface area contributed by atoms with Gasteiger partial charge in [-0.2, -0.15) is 0 Å². The first-order valence-corrected chi connectivity index (χ1v) is 7.40. The Morgan fingerprint density at radius 1 is 1.35 bits per heavy atom. The maximum absolute atomic E-state index is 12.0. The molecule has 4 nitrogen and oxygen atoms in total. The molecule has 1 saturated heterocycles. The summed E-state index contributed by atoms with van der Waals surface area (Å²) in [5.74, 6) is 0.171. The lowest BCUT2D eigenvalue weighted by Gasteiger charge is -2.26. The second-order valence-electron chi connectivity index (χ2n) is 5.14. The molecule has 20 heavy (non-hydrogen) atoms. The summed E-state index contributed by atoms with van der Waals surface area (Å²) in [6.07, 6.45) is 2.51. The molecule has 0 saturated carbocycles. The van der Waals surface area contributed by atoms with Crippen molar-refractivity contribution < 1.29 is 9.53 Å². The van der Waals surface area contributed by atoms with Crippen LogP contribution in [-0.2, 0) is 16.0 Å². The van der Waals surface area contributed by atoms with Crippen molar-refractivity contribution in [2.45, 2.75) is 25.3 Å². The van der Waals surface area contributed by atoms with Crippen LogP contribution in [0, 0.1) is 5.92 Å². The molecule has 0 aliphatic carbocycles. The van der Waals surface area contributed by atoms with E-state index in [-0.39, 0.29) is 11.8 Å². The Bertz CT molecular complexity index is 430. The fourth-order valence-electron chi connectivity index (χ4n) is 2.39. The van der Waals surface area contributed by atoms with Crippen LogP contribution >= 0.6 is 11.6 Å². The normalized spacial score (nSPS) is 17.7. The second-order valence-corrected chi connectivity index (χ2v) is 5.58. The average molecular weight is 297 g/mol. The predicted molar refractivity (Wildman–Crippen MR) is 79.7 cm³/mol. The monoisotopic (exact) mass is 296 g/mol. The second kappa shape index (κ2) is 7.62. The van der Waals surface area contributed by atoms with Gasteiger partial charge in [0.05, 0.1) is 6.04 Å². The number of carbonyl (C=O) groups excluding carboxylic acids is 1. The summed E-state index contributed by atoms with van der Waals surface area (Å²) in [5, 5.41) is 3.63. The highest BCUT2D eigenvalue weighted by molar-refractivity contribution is 6.30. The molecule has 1 aromatic carbocycles. The molecule has 1 aliphatic heterocycles. The first-order valence-electron chi connectivity index (χ1n) is 7.02. The number of amides is 1. The lowest BCUT2D eigenvalue weighted by Crippen LogP contribution is -2.47. The van der Waals surface area contributed by atoms with Crippen LogP contribution in [0.2, 0.25) is 5.02 Å². The number of ether oxygens (including phenoxy) is 1. The maximum Gasteiger partial charge on any atom is 0.237 e. The van der Waals surface area contributed by atoms with Gasteiger partial charge in [-0.05, 0) is 42.9 Å². The van der Waals surface area contributed by atoms with E-state index in [0.29, 0.717) is 19.8 Å². The van der Waals surface area contributed by atoms with Gasteiger partial charge in [0.25, 0.3) is 0 Å². The van der Waals surface area contributed by atoms with Crippen LogP contribution in [0.15, 0.2) is 24.3 Å². The SMILES string of the molecule is NC(C(=O)NCCc1ccc(Cl)cc1)C1CCOCC1. The molecule has 0 radical (unpaired) electrons. The number of carbonyl (C=O) groups is 1. The lowest BCUT2D eigenvalue weighted by molar-refractivity contribution is -0.124. The number of rotatable bonds is 5. The van der Waals surface area contributed by atoms with Crippen molar-refractivity contribution in [1.29, 1.82) is 0 Å². The van der Waals surface area contributed by atoms with E-state index in [1.165, 1.54) is 0 Å². The van der Waals surface area contributed by atoms with Gasteiger partial charge < -0.3 is 15.8 Å². The number of hydrogen-bond acceptors (Lipinski definition) is 3. The van der Waals surface area contributed by atoms with Crippen LogP contribution in [0.5, 0.6) is 0 Å². The first kappa shape index (κ1) is 15.3. The largest absolute Gasteiger partial charge is 0.381 e. The van der Waals surface area contributed by atoms with Crippen molar-refractivity contribution in [2.24, 2.45) is 11.7 Å². The Morgan fingerprint density at radius 3 is 2.65 bits per heavy atom. The summed E-state index contributed by atoms with van der Waals surface area (Å²) in [7, 11) is 0. The van der Waals surface area contributed by atoms with E-state index in [1.54, 1.807) is 0 Å². The number of nitrogens with one attached hydrogen (secondary N) is 1. The highest BCUT2D eigenvalue weighted by atomic mass is 35.5. The van der Waals surface area contributed by atoms with Gasteiger partial charge in [0.2, 0.25) is 5.91 Å². The first-order chi connectivity index (χ1) is 9.66. The quantitative estimate of drug-likeness (QED) is 0.870. The maximum atomic E-state index is 12.0. The predicted octanol–water partition coefficient (Wildman–Crippen LogP) is 1.75. The van der Waals surface area contributed by atoms with Gasteiger partial charge >= 0.3 is 0 Å². The minimum Gasteiger partial charge on any atom is -0.381 e. The highest BCUT2D eigenvalue weighted by Crippen LogP contribution is 2.17. The van der Waals surface area contributed by atoms with Gasteiger partial charge in [-0.1, -0.05) is 23.7 Å².